The predicted molar refractivity (Wildman–Crippen MR) is 79.0 cm³/mol. The molecular weight excluding hydrogens is 252 g/mol. The molecule has 1 fully saturated rings. The Hall–Kier alpha value is -2.35. The van der Waals surface area contributed by atoms with Crippen molar-refractivity contribution in [2.24, 2.45) is 4.99 Å². The Bertz CT molecular complexity index is 603. The summed E-state index contributed by atoms with van der Waals surface area (Å²) >= 11 is 0. The lowest BCUT2D eigenvalue weighted by Gasteiger charge is -2.22. The standard InChI is InChI=1S/C15H18N4O/c1-4-6-14(20)19-9-5-7-13(19)15-17-11-12(2)18(15)10-8-16-3/h8,10-11,13H,3,5,7,9H2,1-2H3/b10-8-. The smallest absolute Gasteiger partial charge is 0.299 e. The average Bonchev–Trinajstić information content (AvgIpc) is 3.03. The maximum absolute atomic E-state index is 12.0. The highest BCUT2D eigenvalue weighted by Crippen LogP contribution is 2.31. The number of hydrogen-bond donors (Lipinski definition) is 0. The fourth-order valence-electron chi connectivity index (χ4n) is 2.48. The van der Waals surface area contributed by atoms with Crippen LogP contribution in [0.4, 0.5) is 0 Å². The van der Waals surface area contributed by atoms with E-state index >= 15 is 0 Å². The van der Waals surface area contributed by atoms with Gasteiger partial charge in [0.15, 0.2) is 0 Å². The Morgan fingerprint density at radius 1 is 1.65 bits per heavy atom. The molecule has 5 heteroatoms. The summed E-state index contributed by atoms with van der Waals surface area (Å²) in [5.41, 5.74) is 1.00. The van der Waals surface area contributed by atoms with E-state index in [1.54, 1.807) is 24.2 Å². The summed E-state index contributed by atoms with van der Waals surface area (Å²) in [6, 6.07) is -0.0217. The lowest BCUT2D eigenvalue weighted by Crippen LogP contribution is -2.30. The zero-order valence-corrected chi connectivity index (χ0v) is 11.8. The first-order valence-corrected chi connectivity index (χ1v) is 6.58. The number of aliphatic imine (C=N–C) groups is 1. The summed E-state index contributed by atoms with van der Waals surface area (Å²) in [6.45, 7) is 7.80. The summed E-state index contributed by atoms with van der Waals surface area (Å²) in [5, 5.41) is 0. The van der Waals surface area contributed by atoms with Gasteiger partial charge in [-0.3, -0.25) is 9.79 Å². The van der Waals surface area contributed by atoms with E-state index in [0.29, 0.717) is 0 Å². The normalized spacial score (nSPS) is 18.1. The lowest BCUT2D eigenvalue weighted by atomic mass is 10.2. The molecule has 0 radical (unpaired) electrons. The summed E-state index contributed by atoms with van der Waals surface area (Å²) in [7, 11) is 0. The van der Waals surface area contributed by atoms with E-state index in [1.165, 1.54) is 0 Å². The number of likely N-dealkylation sites (tertiary alicyclic amines) is 1. The van der Waals surface area contributed by atoms with Gasteiger partial charge in [-0.25, -0.2) is 4.98 Å². The molecule has 2 heterocycles. The van der Waals surface area contributed by atoms with Gasteiger partial charge in [0.25, 0.3) is 5.91 Å². The minimum atomic E-state index is -0.131. The molecule has 5 nitrogen and oxygen atoms in total. The number of rotatable bonds is 3. The molecule has 1 aromatic rings. The largest absolute Gasteiger partial charge is 0.322 e. The molecule has 1 aliphatic rings. The van der Waals surface area contributed by atoms with E-state index in [-0.39, 0.29) is 11.9 Å². The second kappa shape index (κ2) is 6.20. The Balaban J connectivity index is 2.34. The van der Waals surface area contributed by atoms with E-state index in [1.807, 2.05) is 17.7 Å². The Morgan fingerprint density at radius 2 is 2.45 bits per heavy atom. The molecular formula is C15H18N4O. The third-order valence-electron chi connectivity index (χ3n) is 3.38. The van der Waals surface area contributed by atoms with E-state index in [4.69, 9.17) is 0 Å². The van der Waals surface area contributed by atoms with E-state index in [0.717, 1.165) is 30.9 Å². The number of imidazole rings is 1. The maximum atomic E-state index is 12.0. The maximum Gasteiger partial charge on any atom is 0.299 e. The van der Waals surface area contributed by atoms with Crippen LogP contribution in [0, 0.1) is 18.8 Å². The molecule has 1 aliphatic heterocycles. The molecule has 0 aromatic carbocycles. The van der Waals surface area contributed by atoms with Crippen molar-refractivity contribution >= 4 is 18.8 Å². The Kier molecular flexibility index (Phi) is 4.36. The van der Waals surface area contributed by atoms with E-state index < -0.39 is 0 Å². The molecule has 1 atom stereocenters. The van der Waals surface area contributed by atoms with Gasteiger partial charge in [0, 0.05) is 30.8 Å². The van der Waals surface area contributed by atoms with Gasteiger partial charge in [0.2, 0.25) is 0 Å². The van der Waals surface area contributed by atoms with Crippen LogP contribution in [0.5, 0.6) is 0 Å². The quantitative estimate of drug-likeness (QED) is 0.623. The highest BCUT2D eigenvalue weighted by molar-refractivity contribution is 5.93. The Morgan fingerprint density at radius 3 is 3.15 bits per heavy atom. The van der Waals surface area contributed by atoms with Crippen LogP contribution in [0.3, 0.4) is 0 Å². The molecule has 1 amide bonds. The number of nitrogens with zero attached hydrogens (tertiary/aromatic N) is 4. The molecule has 1 aromatic heterocycles. The monoisotopic (exact) mass is 270 g/mol. The fourth-order valence-corrected chi connectivity index (χ4v) is 2.48. The van der Waals surface area contributed by atoms with Crippen molar-refractivity contribution in [3.8, 4) is 11.8 Å². The van der Waals surface area contributed by atoms with Crippen LogP contribution in [0.2, 0.25) is 0 Å². The number of hydrogen-bond acceptors (Lipinski definition) is 3. The van der Waals surface area contributed by atoms with Crippen molar-refractivity contribution in [2.45, 2.75) is 32.7 Å². The zero-order valence-electron chi connectivity index (χ0n) is 11.8. The van der Waals surface area contributed by atoms with Gasteiger partial charge in [0.05, 0.1) is 6.04 Å². The first kappa shape index (κ1) is 14.1. The van der Waals surface area contributed by atoms with Crippen molar-refractivity contribution < 1.29 is 4.79 Å². The first-order valence-electron chi connectivity index (χ1n) is 6.58. The second-order valence-corrected chi connectivity index (χ2v) is 4.64. The van der Waals surface area contributed by atoms with Crippen LogP contribution >= 0.6 is 0 Å². The summed E-state index contributed by atoms with van der Waals surface area (Å²) in [4.78, 5) is 22.0. The van der Waals surface area contributed by atoms with Gasteiger partial charge in [-0.05, 0) is 39.3 Å². The topological polar surface area (TPSA) is 50.5 Å². The molecule has 0 N–H and O–H groups in total. The molecule has 0 saturated carbocycles. The Labute approximate surface area is 119 Å². The molecule has 20 heavy (non-hydrogen) atoms. The van der Waals surface area contributed by atoms with Crippen molar-refractivity contribution in [3.05, 3.63) is 23.9 Å². The number of carbonyl (C=O) groups is 1. The third kappa shape index (κ3) is 2.64. The molecule has 2 rings (SSSR count). The molecule has 0 bridgehead atoms. The third-order valence-corrected chi connectivity index (χ3v) is 3.38. The van der Waals surface area contributed by atoms with Gasteiger partial charge < -0.3 is 9.47 Å². The van der Waals surface area contributed by atoms with Gasteiger partial charge >= 0.3 is 0 Å². The summed E-state index contributed by atoms with van der Waals surface area (Å²) in [5.74, 6) is 6.00. The average molecular weight is 270 g/mol. The minimum absolute atomic E-state index is 0.0217. The summed E-state index contributed by atoms with van der Waals surface area (Å²) in [6.07, 6.45) is 7.11. The number of aryl methyl sites for hydroxylation is 1. The van der Waals surface area contributed by atoms with E-state index in [9.17, 15) is 4.79 Å². The highest BCUT2D eigenvalue weighted by atomic mass is 16.2. The van der Waals surface area contributed by atoms with Crippen LogP contribution < -0.4 is 0 Å². The van der Waals surface area contributed by atoms with Gasteiger partial charge in [-0.15, -0.1) is 0 Å². The molecule has 1 saturated heterocycles. The number of carbonyl (C=O) groups excluding carboxylic acids is 1. The van der Waals surface area contributed by atoms with Crippen molar-refractivity contribution in [2.75, 3.05) is 6.54 Å². The predicted octanol–water partition coefficient (Wildman–Crippen LogP) is 2.01. The molecule has 104 valence electrons. The lowest BCUT2D eigenvalue weighted by molar-refractivity contribution is -0.126. The van der Waals surface area contributed by atoms with Crippen molar-refractivity contribution in [1.82, 2.24) is 14.5 Å². The molecule has 0 spiro atoms. The van der Waals surface area contributed by atoms with Crippen LogP contribution in [-0.4, -0.2) is 33.6 Å². The zero-order chi connectivity index (χ0) is 14.5. The van der Waals surface area contributed by atoms with Crippen LogP contribution in [-0.2, 0) is 4.79 Å². The molecule has 0 aliphatic carbocycles. The highest BCUT2D eigenvalue weighted by Gasteiger charge is 2.32. The summed E-state index contributed by atoms with van der Waals surface area (Å²) < 4.78 is 1.95. The number of aromatic nitrogens is 2. The first-order chi connectivity index (χ1) is 9.69. The van der Waals surface area contributed by atoms with Gasteiger partial charge in [-0.2, -0.15) is 0 Å². The number of amides is 1. The van der Waals surface area contributed by atoms with Crippen LogP contribution in [0.25, 0.3) is 6.20 Å². The fraction of sp³-hybridized carbons (Fsp3) is 0.400. The SMILES string of the molecule is C=N/C=C\n1c(C)cnc1C1CCCN1C(=O)C#CC. The van der Waals surface area contributed by atoms with Gasteiger partial charge in [0.1, 0.15) is 5.82 Å². The van der Waals surface area contributed by atoms with Crippen molar-refractivity contribution in [3.63, 3.8) is 0 Å². The van der Waals surface area contributed by atoms with Crippen LogP contribution in [0.15, 0.2) is 17.4 Å². The van der Waals surface area contributed by atoms with E-state index in [2.05, 4.69) is 28.5 Å². The van der Waals surface area contributed by atoms with Crippen molar-refractivity contribution in [1.29, 1.82) is 0 Å². The van der Waals surface area contributed by atoms with Crippen LogP contribution in [0.1, 0.15) is 37.3 Å². The molecule has 1 unspecified atom stereocenters. The van der Waals surface area contributed by atoms with Gasteiger partial charge in [-0.1, -0.05) is 5.92 Å². The second-order valence-electron chi connectivity index (χ2n) is 4.64. The minimum Gasteiger partial charge on any atom is -0.322 e.